The maximum atomic E-state index is 12.7. The zero-order chi connectivity index (χ0) is 43.9. The first-order chi connectivity index (χ1) is 29.7. The Morgan fingerprint density at radius 3 is 1.48 bits per heavy atom. The third kappa shape index (κ3) is 10.7. The zero-order valence-electron chi connectivity index (χ0n) is 32.0. The highest BCUT2D eigenvalue weighted by Gasteiger charge is 2.21. The number of nitro benzene ring substituents is 1. The van der Waals surface area contributed by atoms with Gasteiger partial charge < -0.3 is 5.32 Å². The number of nitro groups is 1. The first kappa shape index (κ1) is 43.2. The van der Waals surface area contributed by atoms with Crippen LogP contribution in [-0.2, 0) is 24.8 Å². The number of non-ortho nitro benzene ring substituents is 1. The van der Waals surface area contributed by atoms with Gasteiger partial charge in [-0.1, -0.05) is 119 Å². The molecular weight excluding hydrogens is 892 g/mol. The fraction of sp³-hybridized carbons (Fsp3) is 0.0238. The summed E-state index contributed by atoms with van der Waals surface area (Å²) in [6, 6.07) is 43.4. The summed E-state index contributed by atoms with van der Waals surface area (Å²) in [6.45, 7) is 1.44. The van der Waals surface area contributed by atoms with Crippen LogP contribution in [0.4, 0.5) is 21.6 Å². The smallest absolute Gasteiger partial charge is 0.270 e. The van der Waals surface area contributed by atoms with Gasteiger partial charge in [0.25, 0.3) is 25.7 Å². The summed E-state index contributed by atoms with van der Waals surface area (Å²) in [4.78, 5) is 21.8. The van der Waals surface area contributed by atoms with Crippen LogP contribution in [0.1, 0.15) is 6.92 Å². The molecule has 0 aliphatic carbocycles. The standard InChI is InChI=1S/C22H18N4O3S2.C20H13ClN4O4S2/c1-15(27)23-19-11-7-18(8-12-19)21-24-25-22(30-21)26-31(28,29)20-13-9-17(10-14-20)16-5-3-2-4-6-16;21-18-11-8-15(25(26)27)12-17(18)19-22-23-20(30-19)24-31(28,29)16-9-6-14(7-10-16)13-4-2-1-3-5-13/h2-14H,1H3,(H,23,27)(H,25,26);1-12H,(H,23,24). The maximum absolute atomic E-state index is 12.7. The minimum atomic E-state index is -3.90. The molecule has 8 aromatic rings. The van der Waals surface area contributed by atoms with E-state index >= 15 is 0 Å². The molecule has 20 heteroatoms. The summed E-state index contributed by atoms with van der Waals surface area (Å²) in [5, 5.41) is 30.7. The molecule has 3 N–H and O–H groups in total. The Bertz CT molecular complexity index is 3080. The molecule has 0 fully saturated rings. The van der Waals surface area contributed by atoms with Crippen molar-refractivity contribution in [2.24, 2.45) is 0 Å². The van der Waals surface area contributed by atoms with Gasteiger partial charge in [-0.2, -0.15) is 0 Å². The normalized spacial score (nSPS) is 11.2. The van der Waals surface area contributed by atoms with Gasteiger partial charge >= 0.3 is 0 Å². The molecule has 312 valence electrons. The second-order valence-corrected chi connectivity index (χ2v) is 18.7. The molecule has 1 amide bonds. The van der Waals surface area contributed by atoms with Crippen molar-refractivity contribution in [1.82, 2.24) is 20.4 Å². The predicted octanol–water partition coefficient (Wildman–Crippen LogP) is 9.87. The van der Waals surface area contributed by atoms with E-state index in [2.05, 4.69) is 35.2 Å². The Kier molecular flexibility index (Phi) is 13.1. The highest BCUT2D eigenvalue weighted by atomic mass is 35.5. The van der Waals surface area contributed by atoms with Gasteiger partial charge in [0.15, 0.2) is 5.01 Å². The van der Waals surface area contributed by atoms with Crippen LogP contribution in [0, 0.1) is 10.1 Å². The molecule has 6 aromatic carbocycles. The zero-order valence-corrected chi connectivity index (χ0v) is 36.1. The Hall–Kier alpha value is -6.90. The van der Waals surface area contributed by atoms with Crippen LogP contribution in [0.15, 0.2) is 161 Å². The van der Waals surface area contributed by atoms with Crippen molar-refractivity contribution in [3.8, 4) is 43.4 Å². The average molecular weight is 923 g/mol. The second kappa shape index (κ2) is 18.8. The van der Waals surface area contributed by atoms with Crippen LogP contribution < -0.4 is 14.8 Å². The molecule has 0 saturated carbocycles. The Labute approximate surface area is 368 Å². The van der Waals surface area contributed by atoms with Crippen molar-refractivity contribution in [3.05, 3.63) is 167 Å². The lowest BCUT2D eigenvalue weighted by molar-refractivity contribution is -0.384. The van der Waals surface area contributed by atoms with Crippen LogP contribution in [0.3, 0.4) is 0 Å². The topological polar surface area (TPSA) is 216 Å². The number of anilines is 3. The summed E-state index contributed by atoms with van der Waals surface area (Å²) in [5.41, 5.74) is 5.38. The van der Waals surface area contributed by atoms with Crippen molar-refractivity contribution < 1.29 is 26.6 Å². The van der Waals surface area contributed by atoms with Crippen LogP contribution >= 0.6 is 34.3 Å². The van der Waals surface area contributed by atoms with Crippen LogP contribution in [-0.4, -0.2) is 48.1 Å². The highest BCUT2D eigenvalue weighted by Crippen LogP contribution is 2.35. The van der Waals surface area contributed by atoms with E-state index in [1.807, 2.05) is 60.7 Å². The van der Waals surface area contributed by atoms with Crippen molar-refractivity contribution in [1.29, 1.82) is 0 Å². The predicted molar refractivity (Wildman–Crippen MR) is 242 cm³/mol. The van der Waals surface area contributed by atoms with Gasteiger partial charge in [-0.15, -0.1) is 20.4 Å². The molecule has 0 aliphatic heterocycles. The lowest BCUT2D eigenvalue weighted by Crippen LogP contribution is -2.12. The second-order valence-electron chi connectivity index (χ2n) is 13.0. The first-order valence-corrected chi connectivity index (χ1v) is 23.1. The van der Waals surface area contributed by atoms with Crippen LogP contribution in [0.5, 0.6) is 0 Å². The van der Waals surface area contributed by atoms with E-state index < -0.39 is 25.0 Å². The number of halogens is 1. The number of nitrogens with zero attached hydrogens (tertiary/aromatic N) is 5. The van der Waals surface area contributed by atoms with E-state index in [-0.39, 0.29) is 41.7 Å². The summed E-state index contributed by atoms with van der Waals surface area (Å²) in [7, 11) is -7.69. The summed E-state index contributed by atoms with van der Waals surface area (Å²) in [6.07, 6.45) is 0. The van der Waals surface area contributed by atoms with Gasteiger partial charge in [-0.3, -0.25) is 24.4 Å². The number of sulfonamides is 2. The average Bonchev–Trinajstić information content (AvgIpc) is 3.94. The summed E-state index contributed by atoms with van der Waals surface area (Å²) < 4.78 is 55.8. The fourth-order valence-corrected chi connectivity index (χ4v) is 9.95. The van der Waals surface area contributed by atoms with Crippen molar-refractivity contribution in [3.63, 3.8) is 0 Å². The Balaban J connectivity index is 0.000000186. The number of hydrogen-bond acceptors (Lipinski definition) is 13. The molecule has 0 spiro atoms. The molecule has 15 nitrogen and oxygen atoms in total. The van der Waals surface area contributed by atoms with E-state index in [9.17, 15) is 31.7 Å². The molecule has 0 saturated heterocycles. The number of carbonyl (C=O) groups is 1. The molecule has 2 heterocycles. The Morgan fingerprint density at radius 2 is 1.02 bits per heavy atom. The largest absolute Gasteiger partial charge is 0.326 e. The molecule has 0 bridgehead atoms. The highest BCUT2D eigenvalue weighted by molar-refractivity contribution is 7.93. The van der Waals surface area contributed by atoms with Crippen molar-refractivity contribution in [2.45, 2.75) is 16.7 Å². The van der Waals surface area contributed by atoms with Crippen molar-refractivity contribution in [2.75, 3.05) is 14.8 Å². The SMILES string of the molecule is CC(=O)Nc1ccc(-c2nnc(NS(=O)(=O)c3ccc(-c4ccccc4)cc3)s2)cc1.O=[N+]([O-])c1ccc(Cl)c(-c2nnc(NS(=O)(=O)c3ccc(-c4ccccc4)cc3)s2)c1. The number of carbonyl (C=O) groups excluding carboxylic acids is 1. The van der Waals surface area contributed by atoms with Gasteiger partial charge in [0.1, 0.15) is 5.01 Å². The molecular formula is C42H31ClN8O7S4. The summed E-state index contributed by atoms with van der Waals surface area (Å²) in [5.74, 6) is -0.155. The van der Waals surface area contributed by atoms with E-state index in [0.717, 1.165) is 50.5 Å². The number of nitrogens with one attached hydrogen (secondary N) is 3. The molecule has 8 rings (SSSR count). The molecule has 0 radical (unpaired) electrons. The third-order valence-electron chi connectivity index (χ3n) is 8.68. The number of hydrogen-bond donors (Lipinski definition) is 3. The number of benzene rings is 6. The maximum Gasteiger partial charge on any atom is 0.270 e. The number of rotatable bonds is 12. The van der Waals surface area contributed by atoms with Gasteiger partial charge in [-0.25, -0.2) is 16.8 Å². The minimum absolute atomic E-state index is 0.0182. The van der Waals surface area contributed by atoms with Crippen LogP contribution in [0.2, 0.25) is 5.02 Å². The minimum Gasteiger partial charge on any atom is -0.326 e. The molecule has 0 unspecified atom stereocenters. The van der Waals surface area contributed by atoms with Crippen molar-refractivity contribution >= 4 is 81.9 Å². The van der Waals surface area contributed by atoms with Gasteiger partial charge in [-0.05, 0) is 76.9 Å². The lowest BCUT2D eigenvalue weighted by atomic mass is 10.1. The lowest BCUT2D eigenvalue weighted by Gasteiger charge is -2.06. The van der Waals surface area contributed by atoms with E-state index in [1.54, 1.807) is 60.7 Å². The van der Waals surface area contributed by atoms with E-state index in [0.29, 0.717) is 16.3 Å². The van der Waals surface area contributed by atoms with Gasteiger partial charge in [0.05, 0.1) is 19.7 Å². The number of aromatic nitrogens is 4. The molecule has 62 heavy (non-hydrogen) atoms. The molecule has 2 aromatic heterocycles. The fourth-order valence-electron chi connectivity index (χ4n) is 5.71. The van der Waals surface area contributed by atoms with Crippen LogP contribution in [0.25, 0.3) is 43.4 Å². The molecule has 0 aliphatic rings. The first-order valence-electron chi connectivity index (χ1n) is 18.1. The monoisotopic (exact) mass is 922 g/mol. The Morgan fingerprint density at radius 1 is 0.581 bits per heavy atom. The molecule has 0 atom stereocenters. The summed E-state index contributed by atoms with van der Waals surface area (Å²) >= 11 is 8.17. The van der Waals surface area contributed by atoms with E-state index in [1.165, 1.54) is 37.3 Å². The van der Waals surface area contributed by atoms with Gasteiger partial charge in [0.2, 0.25) is 16.2 Å². The quantitative estimate of drug-likeness (QED) is 0.0774. The van der Waals surface area contributed by atoms with Gasteiger partial charge in [0, 0.05) is 35.9 Å². The third-order valence-corrected chi connectivity index (χ3v) is 13.7. The number of amides is 1. The van der Waals surface area contributed by atoms with E-state index in [4.69, 9.17) is 11.6 Å².